The maximum absolute atomic E-state index is 4.55. The summed E-state index contributed by atoms with van der Waals surface area (Å²) >= 11 is 0. The van der Waals surface area contributed by atoms with Gasteiger partial charge in [-0.2, -0.15) is 0 Å². The van der Waals surface area contributed by atoms with E-state index in [0.717, 1.165) is 13.1 Å². The van der Waals surface area contributed by atoms with Crippen molar-refractivity contribution < 1.29 is 0 Å². The number of pyridine rings is 1. The lowest BCUT2D eigenvalue weighted by Crippen LogP contribution is -2.45. The summed E-state index contributed by atoms with van der Waals surface area (Å²) < 4.78 is 0. The van der Waals surface area contributed by atoms with Gasteiger partial charge in [0.05, 0.1) is 5.69 Å². The predicted octanol–water partition coefficient (Wildman–Crippen LogP) is 2.10. The minimum Gasteiger partial charge on any atom is -0.312 e. The number of hydrogen-bond donors (Lipinski definition) is 1. The second kappa shape index (κ2) is 3.35. The molecule has 2 heterocycles. The fraction of sp³-hybridized carbons (Fsp3) is 0.583. The first-order valence-electron chi connectivity index (χ1n) is 5.29. The molecule has 0 aromatic carbocycles. The monoisotopic (exact) mass is 190 g/mol. The van der Waals surface area contributed by atoms with Crippen LogP contribution in [0, 0.1) is 5.92 Å². The molecule has 0 radical (unpaired) electrons. The van der Waals surface area contributed by atoms with E-state index in [1.807, 2.05) is 12.3 Å². The second-order valence-corrected chi connectivity index (χ2v) is 4.69. The quantitative estimate of drug-likeness (QED) is 0.733. The summed E-state index contributed by atoms with van der Waals surface area (Å²) in [5.74, 6) is 0.615. The third kappa shape index (κ3) is 1.34. The number of nitrogens with one attached hydrogen (secondary N) is 1. The van der Waals surface area contributed by atoms with Gasteiger partial charge < -0.3 is 5.32 Å². The van der Waals surface area contributed by atoms with Crippen LogP contribution in [0.1, 0.15) is 32.0 Å². The van der Waals surface area contributed by atoms with Crippen molar-refractivity contribution in [2.45, 2.75) is 32.7 Å². The van der Waals surface area contributed by atoms with Crippen molar-refractivity contribution in [3.05, 3.63) is 29.6 Å². The van der Waals surface area contributed by atoms with E-state index in [0.29, 0.717) is 5.92 Å². The van der Waals surface area contributed by atoms with Gasteiger partial charge in [0, 0.05) is 24.7 Å². The van der Waals surface area contributed by atoms with Crippen molar-refractivity contribution in [1.29, 1.82) is 0 Å². The van der Waals surface area contributed by atoms with Gasteiger partial charge in [-0.3, -0.25) is 4.98 Å². The summed E-state index contributed by atoms with van der Waals surface area (Å²) in [7, 11) is 0. The second-order valence-electron chi connectivity index (χ2n) is 4.69. The van der Waals surface area contributed by atoms with Crippen LogP contribution in [0.4, 0.5) is 0 Å². The molecule has 0 amide bonds. The zero-order valence-electron chi connectivity index (χ0n) is 9.17. The first kappa shape index (κ1) is 9.66. The number of aromatic nitrogens is 1. The van der Waals surface area contributed by atoms with Gasteiger partial charge in [0.2, 0.25) is 0 Å². The Morgan fingerprint density at radius 2 is 2.29 bits per heavy atom. The molecule has 0 saturated heterocycles. The van der Waals surface area contributed by atoms with E-state index in [9.17, 15) is 0 Å². The van der Waals surface area contributed by atoms with Crippen LogP contribution >= 0.6 is 0 Å². The minimum atomic E-state index is 0.189. The lowest BCUT2D eigenvalue weighted by molar-refractivity contribution is 0.291. The summed E-state index contributed by atoms with van der Waals surface area (Å²) in [5, 5.41) is 3.47. The highest BCUT2D eigenvalue weighted by Gasteiger charge is 2.35. The Bertz CT molecular complexity index is 333. The molecule has 0 fully saturated rings. The smallest absolute Gasteiger partial charge is 0.0522 e. The molecule has 2 rings (SSSR count). The average molecular weight is 190 g/mol. The molecule has 1 aromatic heterocycles. The molecule has 2 heteroatoms. The molecular weight excluding hydrogens is 172 g/mol. The molecule has 1 N–H and O–H groups in total. The first-order chi connectivity index (χ1) is 6.64. The third-order valence-corrected chi connectivity index (χ3v) is 3.51. The van der Waals surface area contributed by atoms with E-state index < -0.39 is 0 Å². The molecule has 1 aromatic rings. The van der Waals surface area contributed by atoms with Gasteiger partial charge in [0.25, 0.3) is 0 Å². The summed E-state index contributed by atoms with van der Waals surface area (Å²) in [6.45, 7) is 8.84. The van der Waals surface area contributed by atoms with Crippen LogP contribution in [-0.2, 0) is 12.0 Å². The third-order valence-electron chi connectivity index (χ3n) is 3.51. The fourth-order valence-corrected chi connectivity index (χ4v) is 2.11. The standard InChI is InChI=1S/C12H18N2/c1-9(2)12(3)8-13-7-10-5-4-6-14-11(10)12/h4-6,9,13H,7-8H2,1-3H3. The normalized spacial score (nSPS) is 26.3. The number of hydrogen-bond acceptors (Lipinski definition) is 2. The molecule has 1 aliphatic rings. The van der Waals surface area contributed by atoms with Crippen molar-refractivity contribution in [2.24, 2.45) is 5.92 Å². The van der Waals surface area contributed by atoms with Crippen molar-refractivity contribution >= 4 is 0 Å². The SMILES string of the molecule is CC(C)C1(C)CNCc2cccnc21. The zero-order valence-corrected chi connectivity index (χ0v) is 9.17. The maximum Gasteiger partial charge on any atom is 0.0522 e. The Morgan fingerprint density at radius 1 is 1.50 bits per heavy atom. The topological polar surface area (TPSA) is 24.9 Å². The molecule has 2 nitrogen and oxygen atoms in total. The maximum atomic E-state index is 4.55. The van der Waals surface area contributed by atoms with E-state index in [1.54, 1.807) is 0 Å². The highest BCUT2D eigenvalue weighted by molar-refractivity contribution is 5.30. The van der Waals surface area contributed by atoms with Crippen LogP contribution in [0.3, 0.4) is 0 Å². The van der Waals surface area contributed by atoms with Gasteiger partial charge in [0.15, 0.2) is 0 Å². The van der Waals surface area contributed by atoms with Gasteiger partial charge in [-0.25, -0.2) is 0 Å². The van der Waals surface area contributed by atoms with Crippen LogP contribution in [-0.4, -0.2) is 11.5 Å². The molecule has 76 valence electrons. The summed E-state index contributed by atoms with van der Waals surface area (Å²) in [6, 6.07) is 4.20. The molecule has 0 aliphatic carbocycles. The molecule has 0 bridgehead atoms. The van der Waals surface area contributed by atoms with Gasteiger partial charge >= 0.3 is 0 Å². The van der Waals surface area contributed by atoms with Gasteiger partial charge in [0.1, 0.15) is 0 Å². The van der Waals surface area contributed by atoms with E-state index in [-0.39, 0.29) is 5.41 Å². The summed E-state index contributed by atoms with van der Waals surface area (Å²) in [6.07, 6.45) is 1.91. The molecular formula is C12H18N2. The molecule has 1 unspecified atom stereocenters. The Hall–Kier alpha value is -0.890. The van der Waals surface area contributed by atoms with Gasteiger partial charge in [-0.1, -0.05) is 26.8 Å². The molecule has 0 saturated carbocycles. The van der Waals surface area contributed by atoms with Crippen LogP contribution in [0.2, 0.25) is 0 Å². The van der Waals surface area contributed by atoms with Crippen LogP contribution < -0.4 is 5.32 Å². The predicted molar refractivity (Wildman–Crippen MR) is 58.1 cm³/mol. The molecule has 1 atom stereocenters. The van der Waals surface area contributed by atoms with Crippen LogP contribution in [0.25, 0.3) is 0 Å². The van der Waals surface area contributed by atoms with Crippen molar-refractivity contribution in [2.75, 3.05) is 6.54 Å². The highest BCUT2D eigenvalue weighted by Crippen LogP contribution is 2.34. The van der Waals surface area contributed by atoms with E-state index in [2.05, 4.69) is 37.1 Å². The Kier molecular flexibility index (Phi) is 2.31. The lowest BCUT2D eigenvalue weighted by atomic mass is 9.73. The van der Waals surface area contributed by atoms with Crippen molar-refractivity contribution in [3.8, 4) is 0 Å². The van der Waals surface area contributed by atoms with E-state index in [4.69, 9.17) is 0 Å². The fourth-order valence-electron chi connectivity index (χ4n) is 2.11. The molecule has 1 aliphatic heterocycles. The van der Waals surface area contributed by atoms with Gasteiger partial charge in [-0.05, 0) is 17.5 Å². The summed E-state index contributed by atoms with van der Waals surface area (Å²) in [4.78, 5) is 4.55. The van der Waals surface area contributed by atoms with Crippen LogP contribution in [0.15, 0.2) is 18.3 Å². The lowest BCUT2D eigenvalue weighted by Gasteiger charge is -2.38. The minimum absolute atomic E-state index is 0.189. The molecule has 0 spiro atoms. The average Bonchev–Trinajstić information content (AvgIpc) is 2.18. The number of fused-ring (bicyclic) bond motifs is 1. The highest BCUT2D eigenvalue weighted by atomic mass is 14.9. The molecule has 14 heavy (non-hydrogen) atoms. The van der Waals surface area contributed by atoms with Crippen molar-refractivity contribution in [3.63, 3.8) is 0 Å². The number of nitrogens with zero attached hydrogens (tertiary/aromatic N) is 1. The van der Waals surface area contributed by atoms with E-state index >= 15 is 0 Å². The summed E-state index contributed by atoms with van der Waals surface area (Å²) in [5.41, 5.74) is 2.83. The van der Waals surface area contributed by atoms with E-state index in [1.165, 1.54) is 11.3 Å². The van der Waals surface area contributed by atoms with Crippen LogP contribution in [0.5, 0.6) is 0 Å². The van der Waals surface area contributed by atoms with Crippen molar-refractivity contribution in [1.82, 2.24) is 10.3 Å². The Balaban J connectivity index is 2.50. The van der Waals surface area contributed by atoms with Gasteiger partial charge in [-0.15, -0.1) is 0 Å². The Labute approximate surface area is 85.7 Å². The largest absolute Gasteiger partial charge is 0.312 e. The first-order valence-corrected chi connectivity index (χ1v) is 5.29. The number of rotatable bonds is 1. The Morgan fingerprint density at radius 3 is 3.00 bits per heavy atom. The zero-order chi connectivity index (χ0) is 10.2.